The summed E-state index contributed by atoms with van der Waals surface area (Å²) in [5, 5.41) is 7.98. The Bertz CT molecular complexity index is 1360. The molecule has 1 amide bonds. The van der Waals surface area contributed by atoms with Crippen LogP contribution < -0.4 is 5.32 Å². The summed E-state index contributed by atoms with van der Waals surface area (Å²) in [6, 6.07) is 26.6. The molecule has 0 saturated carbocycles. The third kappa shape index (κ3) is 3.91. The molecule has 0 spiro atoms. The molecule has 0 saturated heterocycles. The zero-order valence-electron chi connectivity index (χ0n) is 16.5. The molecule has 31 heavy (non-hydrogen) atoms. The van der Waals surface area contributed by atoms with E-state index in [1.54, 1.807) is 12.3 Å². The number of anilines is 1. The Labute approximate surface area is 178 Å². The Hall–Kier alpha value is -4.32. The molecular weight excluding hydrogens is 388 g/mol. The largest absolute Gasteiger partial charge is 0.334 e. The van der Waals surface area contributed by atoms with Gasteiger partial charge in [-0.25, -0.2) is 0 Å². The number of rotatable bonds is 5. The lowest BCUT2D eigenvalue weighted by Gasteiger charge is -2.10. The van der Waals surface area contributed by atoms with Crippen LogP contribution in [0.3, 0.4) is 0 Å². The SMILES string of the molecule is O=C(Nc1ccccc1-c1nc(Cc2ccccc2)no1)c1cccc2cccnc12. The van der Waals surface area contributed by atoms with Gasteiger partial charge in [0.15, 0.2) is 5.82 Å². The second-order valence-electron chi connectivity index (χ2n) is 7.06. The fraction of sp³-hybridized carbons (Fsp3) is 0.0400. The van der Waals surface area contributed by atoms with Crippen LogP contribution in [0.25, 0.3) is 22.4 Å². The van der Waals surface area contributed by atoms with Crippen LogP contribution in [-0.2, 0) is 6.42 Å². The molecule has 150 valence electrons. The molecule has 2 heterocycles. The van der Waals surface area contributed by atoms with Crippen molar-refractivity contribution in [2.24, 2.45) is 0 Å². The zero-order chi connectivity index (χ0) is 21.0. The first-order chi connectivity index (χ1) is 15.3. The Balaban J connectivity index is 1.43. The number of para-hydroxylation sites is 2. The molecule has 0 bridgehead atoms. The quantitative estimate of drug-likeness (QED) is 0.438. The van der Waals surface area contributed by atoms with Gasteiger partial charge in [0.25, 0.3) is 11.8 Å². The Morgan fingerprint density at radius 2 is 1.68 bits per heavy atom. The van der Waals surface area contributed by atoms with Gasteiger partial charge in [-0.15, -0.1) is 0 Å². The number of carbonyl (C=O) groups excluding carboxylic acids is 1. The summed E-state index contributed by atoms with van der Waals surface area (Å²) in [6.45, 7) is 0. The van der Waals surface area contributed by atoms with E-state index in [9.17, 15) is 4.79 Å². The molecule has 0 fully saturated rings. The zero-order valence-corrected chi connectivity index (χ0v) is 16.5. The molecule has 0 unspecified atom stereocenters. The highest BCUT2D eigenvalue weighted by atomic mass is 16.5. The topological polar surface area (TPSA) is 80.9 Å². The van der Waals surface area contributed by atoms with Crippen LogP contribution in [0.5, 0.6) is 0 Å². The number of nitrogens with zero attached hydrogens (tertiary/aromatic N) is 3. The van der Waals surface area contributed by atoms with Crippen molar-refractivity contribution < 1.29 is 9.32 Å². The van der Waals surface area contributed by atoms with E-state index in [2.05, 4.69) is 20.4 Å². The van der Waals surface area contributed by atoms with Crippen molar-refractivity contribution in [3.05, 3.63) is 108 Å². The summed E-state index contributed by atoms with van der Waals surface area (Å²) in [7, 11) is 0. The number of benzene rings is 3. The molecule has 6 nitrogen and oxygen atoms in total. The second-order valence-corrected chi connectivity index (χ2v) is 7.06. The standard InChI is InChI=1S/C25H18N4O2/c30-24(20-13-6-10-18-11-7-15-26-23(18)20)27-21-14-5-4-12-19(21)25-28-22(29-31-25)16-17-8-2-1-3-9-17/h1-15H,16H2,(H,27,30). The summed E-state index contributed by atoms with van der Waals surface area (Å²) in [6.07, 6.45) is 2.25. The third-order valence-corrected chi connectivity index (χ3v) is 4.96. The lowest BCUT2D eigenvalue weighted by atomic mass is 10.1. The predicted octanol–water partition coefficient (Wildman–Crippen LogP) is 5.13. The average molecular weight is 406 g/mol. The van der Waals surface area contributed by atoms with Crippen molar-refractivity contribution in [3.8, 4) is 11.5 Å². The summed E-state index contributed by atoms with van der Waals surface area (Å²) >= 11 is 0. The van der Waals surface area contributed by atoms with E-state index in [4.69, 9.17) is 4.52 Å². The Morgan fingerprint density at radius 1 is 0.871 bits per heavy atom. The van der Waals surface area contributed by atoms with E-state index in [0.29, 0.717) is 40.5 Å². The van der Waals surface area contributed by atoms with Crippen molar-refractivity contribution in [1.82, 2.24) is 15.1 Å². The van der Waals surface area contributed by atoms with Crippen LogP contribution in [0.15, 0.2) is 95.6 Å². The monoisotopic (exact) mass is 406 g/mol. The average Bonchev–Trinajstić information content (AvgIpc) is 3.28. The first-order valence-electron chi connectivity index (χ1n) is 9.89. The van der Waals surface area contributed by atoms with E-state index >= 15 is 0 Å². The molecule has 0 aliphatic heterocycles. The van der Waals surface area contributed by atoms with E-state index < -0.39 is 0 Å². The van der Waals surface area contributed by atoms with E-state index in [1.165, 1.54) is 0 Å². The van der Waals surface area contributed by atoms with Crippen LogP contribution in [0.2, 0.25) is 0 Å². The van der Waals surface area contributed by atoms with Crippen LogP contribution in [0.4, 0.5) is 5.69 Å². The number of hydrogen-bond acceptors (Lipinski definition) is 5. The molecule has 0 atom stereocenters. The van der Waals surface area contributed by atoms with E-state index in [1.807, 2.05) is 78.9 Å². The minimum absolute atomic E-state index is 0.249. The van der Waals surface area contributed by atoms with Gasteiger partial charge in [0.05, 0.1) is 22.3 Å². The van der Waals surface area contributed by atoms with Crippen molar-refractivity contribution in [3.63, 3.8) is 0 Å². The van der Waals surface area contributed by atoms with Gasteiger partial charge in [-0.05, 0) is 29.8 Å². The van der Waals surface area contributed by atoms with Gasteiger partial charge in [-0.2, -0.15) is 4.98 Å². The van der Waals surface area contributed by atoms with Crippen molar-refractivity contribution in [2.45, 2.75) is 6.42 Å². The molecule has 0 aliphatic carbocycles. The molecule has 5 aromatic rings. The van der Waals surface area contributed by atoms with Crippen molar-refractivity contribution in [1.29, 1.82) is 0 Å². The first-order valence-corrected chi connectivity index (χ1v) is 9.89. The number of hydrogen-bond donors (Lipinski definition) is 1. The Kier molecular flexibility index (Phi) is 4.94. The highest BCUT2D eigenvalue weighted by Crippen LogP contribution is 2.28. The highest BCUT2D eigenvalue weighted by Gasteiger charge is 2.17. The minimum Gasteiger partial charge on any atom is -0.334 e. The fourth-order valence-corrected chi connectivity index (χ4v) is 3.47. The fourth-order valence-electron chi connectivity index (χ4n) is 3.47. The van der Waals surface area contributed by atoms with Crippen LogP contribution in [0.1, 0.15) is 21.7 Å². The maximum Gasteiger partial charge on any atom is 0.260 e. The van der Waals surface area contributed by atoms with Gasteiger partial charge in [0.1, 0.15) is 0 Å². The minimum atomic E-state index is -0.249. The number of aromatic nitrogens is 3. The smallest absolute Gasteiger partial charge is 0.260 e. The third-order valence-electron chi connectivity index (χ3n) is 4.96. The van der Waals surface area contributed by atoms with Crippen LogP contribution >= 0.6 is 0 Å². The van der Waals surface area contributed by atoms with Gasteiger partial charge in [0.2, 0.25) is 0 Å². The molecule has 0 radical (unpaired) electrons. The maximum absolute atomic E-state index is 13.0. The number of fused-ring (bicyclic) bond motifs is 1. The summed E-state index contributed by atoms with van der Waals surface area (Å²) in [5.41, 5.74) is 3.51. The lowest BCUT2D eigenvalue weighted by molar-refractivity contribution is 0.102. The molecule has 0 aliphatic rings. The van der Waals surface area contributed by atoms with Crippen LogP contribution in [-0.4, -0.2) is 21.0 Å². The number of amides is 1. The molecule has 1 N–H and O–H groups in total. The van der Waals surface area contributed by atoms with Gasteiger partial charge < -0.3 is 9.84 Å². The summed E-state index contributed by atoms with van der Waals surface area (Å²) < 4.78 is 5.50. The van der Waals surface area contributed by atoms with Gasteiger partial charge in [-0.1, -0.05) is 65.8 Å². The second kappa shape index (κ2) is 8.20. The number of carbonyl (C=O) groups is 1. The predicted molar refractivity (Wildman–Crippen MR) is 119 cm³/mol. The van der Waals surface area contributed by atoms with E-state index in [0.717, 1.165) is 10.9 Å². The first kappa shape index (κ1) is 18.7. The van der Waals surface area contributed by atoms with Crippen LogP contribution in [0, 0.1) is 0 Å². The summed E-state index contributed by atoms with van der Waals surface area (Å²) in [4.78, 5) is 21.9. The van der Waals surface area contributed by atoms with Crippen molar-refractivity contribution >= 4 is 22.5 Å². The number of pyridine rings is 1. The van der Waals surface area contributed by atoms with Gasteiger partial charge in [0, 0.05) is 18.0 Å². The normalized spacial score (nSPS) is 10.8. The van der Waals surface area contributed by atoms with E-state index in [-0.39, 0.29) is 5.91 Å². The molecule has 6 heteroatoms. The molecular formula is C25H18N4O2. The van der Waals surface area contributed by atoms with Gasteiger partial charge >= 0.3 is 0 Å². The molecule has 3 aromatic carbocycles. The van der Waals surface area contributed by atoms with Gasteiger partial charge in [-0.3, -0.25) is 9.78 Å². The molecule has 5 rings (SSSR count). The summed E-state index contributed by atoms with van der Waals surface area (Å²) in [5.74, 6) is 0.694. The van der Waals surface area contributed by atoms with Crippen molar-refractivity contribution in [2.75, 3.05) is 5.32 Å². The molecule has 2 aromatic heterocycles. The highest BCUT2D eigenvalue weighted by molar-refractivity contribution is 6.12. The maximum atomic E-state index is 13.0. The lowest BCUT2D eigenvalue weighted by Crippen LogP contribution is -2.13. The number of nitrogens with one attached hydrogen (secondary N) is 1. The Morgan fingerprint density at radius 3 is 2.58 bits per heavy atom.